The predicted octanol–water partition coefficient (Wildman–Crippen LogP) is 4.31. The standard InChI is InChI=1S/C23H24N4O/c1-17-13-14-22(26-25-17)27-15-7-10-19(16-27)23(28)24-21-12-6-5-11-20(21)18-8-3-2-4-9-18/h2-6,8-9,11-14,19H,7,10,15-16H2,1H3,(H,24,28). The van der Waals surface area contributed by atoms with Gasteiger partial charge in [0.15, 0.2) is 5.82 Å². The molecule has 1 unspecified atom stereocenters. The Labute approximate surface area is 165 Å². The number of aryl methyl sites for hydroxylation is 1. The van der Waals surface area contributed by atoms with Crippen LogP contribution in [0.1, 0.15) is 18.5 Å². The van der Waals surface area contributed by atoms with E-state index in [4.69, 9.17) is 0 Å². The molecule has 0 aliphatic carbocycles. The first-order valence-corrected chi connectivity index (χ1v) is 9.71. The number of carbonyl (C=O) groups is 1. The molecule has 5 heteroatoms. The van der Waals surface area contributed by atoms with Crippen LogP contribution < -0.4 is 10.2 Å². The van der Waals surface area contributed by atoms with E-state index in [1.54, 1.807) is 0 Å². The molecule has 1 N–H and O–H groups in total. The summed E-state index contributed by atoms with van der Waals surface area (Å²) in [5.41, 5.74) is 3.88. The van der Waals surface area contributed by atoms with Crippen molar-refractivity contribution in [1.82, 2.24) is 10.2 Å². The summed E-state index contributed by atoms with van der Waals surface area (Å²) in [7, 11) is 0. The van der Waals surface area contributed by atoms with Crippen molar-refractivity contribution in [3.63, 3.8) is 0 Å². The van der Waals surface area contributed by atoms with Gasteiger partial charge in [0.2, 0.25) is 5.91 Å². The van der Waals surface area contributed by atoms with Crippen LogP contribution in [0.4, 0.5) is 11.5 Å². The molecule has 1 amide bonds. The highest BCUT2D eigenvalue weighted by Gasteiger charge is 2.27. The topological polar surface area (TPSA) is 58.1 Å². The van der Waals surface area contributed by atoms with Crippen LogP contribution in [-0.2, 0) is 4.79 Å². The Balaban J connectivity index is 1.49. The third-order valence-electron chi connectivity index (χ3n) is 5.17. The summed E-state index contributed by atoms with van der Waals surface area (Å²) in [6.07, 6.45) is 1.85. The third kappa shape index (κ3) is 4.03. The summed E-state index contributed by atoms with van der Waals surface area (Å²) in [6.45, 7) is 3.49. The van der Waals surface area contributed by atoms with E-state index >= 15 is 0 Å². The van der Waals surface area contributed by atoms with Gasteiger partial charge in [0.05, 0.1) is 11.6 Å². The van der Waals surface area contributed by atoms with Gasteiger partial charge in [-0.3, -0.25) is 4.79 Å². The number of amides is 1. The minimum Gasteiger partial charge on any atom is -0.354 e. The molecule has 1 aromatic heterocycles. The number of carbonyl (C=O) groups excluding carboxylic acids is 1. The molecule has 1 atom stereocenters. The molecule has 1 saturated heterocycles. The van der Waals surface area contributed by atoms with Crippen molar-refractivity contribution in [3.05, 3.63) is 72.4 Å². The van der Waals surface area contributed by atoms with Gasteiger partial charge < -0.3 is 10.2 Å². The highest BCUT2D eigenvalue weighted by atomic mass is 16.1. The van der Waals surface area contributed by atoms with Gasteiger partial charge in [0.1, 0.15) is 0 Å². The van der Waals surface area contributed by atoms with Gasteiger partial charge in [0, 0.05) is 24.3 Å². The number of aromatic nitrogens is 2. The molecule has 0 radical (unpaired) electrons. The van der Waals surface area contributed by atoms with Crippen LogP contribution in [0.5, 0.6) is 0 Å². The van der Waals surface area contributed by atoms with Crippen LogP contribution in [0.15, 0.2) is 66.7 Å². The zero-order chi connectivity index (χ0) is 19.3. The second-order valence-corrected chi connectivity index (χ2v) is 7.22. The molecule has 1 fully saturated rings. The zero-order valence-corrected chi connectivity index (χ0v) is 16.0. The van der Waals surface area contributed by atoms with Crippen molar-refractivity contribution in [1.29, 1.82) is 0 Å². The van der Waals surface area contributed by atoms with Crippen LogP contribution in [0.25, 0.3) is 11.1 Å². The Bertz CT molecular complexity index is 940. The highest BCUT2D eigenvalue weighted by molar-refractivity contribution is 5.97. The third-order valence-corrected chi connectivity index (χ3v) is 5.17. The average Bonchev–Trinajstić information content (AvgIpc) is 2.75. The van der Waals surface area contributed by atoms with E-state index in [0.29, 0.717) is 6.54 Å². The summed E-state index contributed by atoms with van der Waals surface area (Å²) in [6, 6.07) is 22.0. The summed E-state index contributed by atoms with van der Waals surface area (Å²) in [5.74, 6) is 0.835. The first-order valence-electron chi connectivity index (χ1n) is 9.71. The SMILES string of the molecule is Cc1ccc(N2CCCC(C(=O)Nc3ccccc3-c3ccccc3)C2)nn1. The molecule has 0 saturated carbocycles. The first kappa shape index (κ1) is 18.2. The first-order chi connectivity index (χ1) is 13.7. The number of nitrogens with one attached hydrogen (secondary N) is 1. The van der Waals surface area contributed by atoms with Gasteiger partial charge in [-0.05, 0) is 43.5 Å². The molecule has 0 spiro atoms. The number of anilines is 2. The Kier molecular flexibility index (Phi) is 5.33. The number of hydrogen-bond acceptors (Lipinski definition) is 4. The maximum Gasteiger partial charge on any atom is 0.229 e. The summed E-state index contributed by atoms with van der Waals surface area (Å²) >= 11 is 0. The number of nitrogens with zero attached hydrogens (tertiary/aromatic N) is 3. The number of rotatable bonds is 4. The molecule has 0 bridgehead atoms. The molecule has 1 aliphatic rings. The molecular formula is C23H24N4O. The lowest BCUT2D eigenvalue weighted by Crippen LogP contribution is -2.41. The van der Waals surface area contributed by atoms with Crippen molar-refractivity contribution >= 4 is 17.4 Å². The van der Waals surface area contributed by atoms with Gasteiger partial charge >= 0.3 is 0 Å². The number of benzene rings is 2. The fraction of sp³-hybridized carbons (Fsp3) is 0.261. The minimum atomic E-state index is -0.0688. The zero-order valence-electron chi connectivity index (χ0n) is 16.0. The largest absolute Gasteiger partial charge is 0.354 e. The van der Waals surface area contributed by atoms with E-state index in [2.05, 4.69) is 32.5 Å². The van der Waals surface area contributed by atoms with Crippen LogP contribution in [-0.4, -0.2) is 29.2 Å². The van der Waals surface area contributed by atoms with E-state index in [0.717, 1.165) is 47.7 Å². The summed E-state index contributed by atoms with van der Waals surface area (Å²) in [5, 5.41) is 11.6. The Hall–Kier alpha value is -3.21. The Morgan fingerprint density at radius 2 is 1.79 bits per heavy atom. The second-order valence-electron chi connectivity index (χ2n) is 7.22. The molecular weight excluding hydrogens is 348 g/mol. The lowest BCUT2D eigenvalue weighted by Gasteiger charge is -2.32. The molecule has 28 heavy (non-hydrogen) atoms. The molecule has 5 nitrogen and oxygen atoms in total. The van der Waals surface area contributed by atoms with E-state index in [-0.39, 0.29) is 11.8 Å². The lowest BCUT2D eigenvalue weighted by molar-refractivity contribution is -0.120. The smallest absolute Gasteiger partial charge is 0.229 e. The average molecular weight is 372 g/mol. The molecule has 3 aromatic rings. The normalized spacial score (nSPS) is 16.6. The number of hydrogen-bond donors (Lipinski definition) is 1. The van der Waals surface area contributed by atoms with Crippen molar-refractivity contribution in [2.24, 2.45) is 5.92 Å². The lowest BCUT2D eigenvalue weighted by atomic mass is 9.96. The maximum absolute atomic E-state index is 13.0. The Morgan fingerprint density at radius 3 is 2.57 bits per heavy atom. The molecule has 2 heterocycles. The monoisotopic (exact) mass is 372 g/mol. The Morgan fingerprint density at radius 1 is 1.00 bits per heavy atom. The minimum absolute atomic E-state index is 0.0631. The van der Waals surface area contributed by atoms with Crippen molar-refractivity contribution in [2.75, 3.05) is 23.3 Å². The van der Waals surface area contributed by atoms with E-state index in [1.165, 1.54) is 0 Å². The van der Waals surface area contributed by atoms with E-state index in [9.17, 15) is 4.79 Å². The number of para-hydroxylation sites is 1. The molecule has 142 valence electrons. The van der Waals surface area contributed by atoms with Crippen LogP contribution in [0, 0.1) is 12.8 Å². The van der Waals surface area contributed by atoms with Crippen molar-refractivity contribution in [3.8, 4) is 11.1 Å². The molecule has 2 aromatic carbocycles. The van der Waals surface area contributed by atoms with Crippen LogP contribution >= 0.6 is 0 Å². The summed E-state index contributed by atoms with van der Waals surface area (Å²) in [4.78, 5) is 15.2. The molecule has 1 aliphatic heterocycles. The van der Waals surface area contributed by atoms with Gasteiger partial charge in [-0.25, -0.2) is 0 Å². The van der Waals surface area contributed by atoms with Gasteiger partial charge in [-0.2, -0.15) is 5.10 Å². The highest BCUT2D eigenvalue weighted by Crippen LogP contribution is 2.29. The van der Waals surface area contributed by atoms with Crippen molar-refractivity contribution in [2.45, 2.75) is 19.8 Å². The van der Waals surface area contributed by atoms with Gasteiger partial charge in [-0.1, -0.05) is 48.5 Å². The van der Waals surface area contributed by atoms with Gasteiger partial charge in [-0.15, -0.1) is 5.10 Å². The predicted molar refractivity (Wildman–Crippen MR) is 112 cm³/mol. The van der Waals surface area contributed by atoms with Crippen LogP contribution in [0.3, 0.4) is 0 Å². The van der Waals surface area contributed by atoms with Gasteiger partial charge in [0.25, 0.3) is 0 Å². The van der Waals surface area contributed by atoms with E-state index < -0.39 is 0 Å². The fourth-order valence-corrected chi connectivity index (χ4v) is 3.66. The number of piperidine rings is 1. The van der Waals surface area contributed by atoms with Crippen molar-refractivity contribution < 1.29 is 4.79 Å². The fourth-order valence-electron chi connectivity index (χ4n) is 3.66. The summed E-state index contributed by atoms with van der Waals surface area (Å²) < 4.78 is 0. The second kappa shape index (κ2) is 8.21. The van der Waals surface area contributed by atoms with E-state index in [1.807, 2.05) is 61.5 Å². The maximum atomic E-state index is 13.0. The quantitative estimate of drug-likeness (QED) is 0.741. The molecule has 4 rings (SSSR count). The van der Waals surface area contributed by atoms with Crippen LogP contribution in [0.2, 0.25) is 0 Å².